The Morgan fingerprint density at radius 1 is 1.15 bits per heavy atom. The Balaban J connectivity index is 1.55. The van der Waals surface area contributed by atoms with E-state index in [1.165, 1.54) is 19.1 Å². The summed E-state index contributed by atoms with van der Waals surface area (Å²) in [5.41, 5.74) is 0.890. The lowest BCUT2D eigenvalue weighted by Crippen LogP contribution is -2.25. The van der Waals surface area contributed by atoms with Crippen LogP contribution in [0.1, 0.15) is 40.5 Å². The van der Waals surface area contributed by atoms with E-state index in [1.54, 1.807) is 24.3 Å². The Morgan fingerprint density at radius 2 is 1.93 bits per heavy atom. The molecule has 2 N–H and O–H groups in total. The van der Waals surface area contributed by atoms with Gasteiger partial charge in [0.15, 0.2) is 12.4 Å². The van der Waals surface area contributed by atoms with Gasteiger partial charge in [-0.15, -0.1) is 0 Å². The van der Waals surface area contributed by atoms with E-state index in [4.69, 9.17) is 4.74 Å². The molecule has 0 atom stereocenters. The topological polar surface area (TPSA) is 84.5 Å². The average molecular weight is 370 g/mol. The van der Waals surface area contributed by atoms with Crippen LogP contribution in [0, 0.1) is 5.82 Å². The lowest BCUT2D eigenvalue weighted by Gasteiger charge is -2.10. The molecule has 2 aromatic carbocycles. The summed E-state index contributed by atoms with van der Waals surface area (Å²) in [5.74, 6) is -1.57. The highest BCUT2D eigenvalue weighted by Gasteiger charge is 2.23. The molecular formula is C20H19FN2O4. The summed E-state index contributed by atoms with van der Waals surface area (Å²) in [6.07, 6.45) is 1.99. The molecule has 1 saturated carbocycles. The normalized spacial score (nSPS) is 13.0. The number of nitrogens with one attached hydrogen (secondary N) is 2. The minimum atomic E-state index is -0.699. The Bertz CT molecular complexity index is 893. The summed E-state index contributed by atoms with van der Waals surface area (Å²) in [4.78, 5) is 35.3. The first-order valence-corrected chi connectivity index (χ1v) is 8.56. The predicted molar refractivity (Wildman–Crippen MR) is 97.5 cm³/mol. The minimum absolute atomic E-state index is 0.0342. The van der Waals surface area contributed by atoms with Crippen molar-refractivity contribution in [2.24, 2.45) is 0 Å². The van der Waals surface area contributed by atoms with Crippen molar-refractivity contribution in [3.05, 3.63) is 59.4 Å². The fraction of sp³-hybridized carbons (Fsp3) is 0.250. The zero-order chi connectivity index (χ0) is 19.4. The largest absolute Gasteiger partial charge is 0.484 e. The summed E-state index contributed by atoms with van der Waals surface area (Å²) in [6, 6.07) is 10.6. The summed E-state index contributed by atoms with van der Waals surface area (Å²) in [6.45, 7) is 0.933. The maximum Gasteiger partial charge on any atom is 0.262 e. The Morgan fingerprint density at radius 3 is 2.59 bits per heavy atom. The number of benzene rings is 2. The summed E-state index contributed by atoms with van der Waals surface area (Å²) < 4.78 is 19.0. The number of hydrogen-bond donors (Lipinski definition) is 2. The number of Topliss-reactive ketones (excluding diaryl/α,β-unsaturated/α-hetero) is 1. The highest BCUT2D eigenvalue weighted by molar-refractivity contribution is 5.97. The van der Waals surface area contributed by atoms with Gasteiger partial charge in [0.2, 0.25) is 0 Å². The molecule has 2 amide bonds. The van der Waals surface area contributed by atoms with Crippen LogP contribution in [0.3, 0.4) is 0 Å². The fourth-order valence-electron chi connectivity index (χ4n) is 2.45. The third-order valence-electron chi connectivity index (χ3n) is 4.01. The van der Waals surface area contributed by atoms with Crippen molar-refractivity contribution >= 4 is 23.3 Å². The molecule has 0 aliphatic heterocycles. The molecule has 6 nitrogen and oxygen atoms in total. The zero-order valence-electron chi connectivity index (χ0n) is 14.8. The van der Waals surface area contributed by atoms with Gasteiger partial charge in [-0.25, -0.2) is 4.39 Å². The smallest absolute Gasteiger partial charge is 0.262 e. The van der Waals surface area contributed by atoms with Crippen LogP contribution in [-0.4, -0.2) is 30.2 Å². The molecule has 7 heteroatoms. The standard InChI is InChI=1S/C20H19FN2O4/c1-12(24)17-8-7-16(10-18(17)21)27-11-19(25)22-15-4-2-3-13(9-15)20(26)23-14-5-6-14/h2-4,7-10,14H,5-6,11H2,1H3,(H,22,25)(H,23,26). The van der Waals surface area contributed by atoms with Crippen LogP contribution in [0.5, 0.6) is 5.75 Å². The van der Waals surface area contributed by atoms with Crippen molar-refractivity contribution in [1.29, 1.82) is 0 Å². The van der Waals surface area contributed by atoms with E-state index in [-0.39, 0.29) is 35.7 Å². The number of carbonyl (C=O) groups is 3. The summed E-state index contributed by atoms with van der Waals surface area (Å²) in [5, 5.41) is 5.51. The van der Waals surface area contributed by atoms with Gasteiger partial charge in [-0.2, -0.15) is 0 Å². The number of amides is 2. The molecule has 1 fully saturated rings. The van der Waals surface area contributed by atoms with E-state index in [9.17, 15) is 18.8 Å². The van der Waals surface area contributed by atoms with Crippen molar-refractivity contribution in [1.82, 2.24) is 5.32 Å². The fourth-order valence-corrected chi connectivity index (χ4v) is 2.45. The van der Waals surface area contributed by atoms with Crippen molar-refractivity contribution in [2.45, 2.75) is 25.8 Å². The molecular weight excluding hydrogens is 351 g/mol. The van der Waals surface area contributed by atoms with E-state index in [0.717, 1.165) is 18.9 Å². The van der Waals surface area contributed by atoms with Crippen molar-refractivity contribution < 1.29 is 23.5 Å². The van der Waals surface area contributed by atoms with Gasteiger partial charge >= 0.3 is 0 Å². The van der Waals surface area contributed by atoms with E-state index in [0.29, 0.717) is 11.3 Å². The number of halogens is 1. The molecule has 1 aliphatic rings. The van der Waals surface area contributed by atoms with Crippen molar-refractivity contribution in [3.8, 4) is 5.75 Å². The zero-order valence-corrected chi connectivity index (χ0v) is 14.8. The second-order valence-corrected chi connectivity index (χ2v) is 6.36. The maximum atomic E-state index is 13.7. The molecule has 140 valence electrons. The lowest BCUT2D eigenvalue weighted by molar-refractivity contribution is -0.118. The SMILES string of the molecule is CC(=O)c1ccc(OCC(=O)Nc2cccc(C(=O)NC3CC3)c2)cc1F. The van der Waals surface area contributed by atoms with Crippen LogP contribution in [0.15, 0.2) is 42.5 Å². The van der Waals surface area contributed by atoms with Crippen molar-refractivity contribution in [2.75, 3.05) is 11.9 Å². The molecule has 0 aromatic heterocycles. The minimum Gasteiger partial charge on any atom is -0.484 e. The van der Waals surface area contributed by atoms with E-state index >= 15 is 0 Å². The van der Waals surface area contributed by atoms with Gasteiger partial charge in [-0.3, -0.25) is 14.4 Å². The number of rotatable bonds is 7. The highest BCUT2D eigenvalue weighted by atomic mass is 19.1. The molecule has 1 aliphatic carbocycles. The van der Waals surface area contributed by atoms with Crippen LogP contribution in [0.4, 0.5) is 10.1 Å². The molecule has 0 radical (unpaired) electrons. The molecule has 0 spiro atoms. The van der Waals surface area contributed by atoms with Gasteiger partial charge < -0.3 is 15.4 Å². The van der Waals surface area contributed by atoms with Crippen LogP contribution >= 0.6 is 0 Å². The summed E-state index contributed by atoms with van der Waals surface area (Å²) >= 11 is 0. The van der Waals surface area contributed by atoms with E-state index in [1.807, 2.05) is 0 Å². The molecule has 0 unspecified atom stereocenters. The van der Waals surface area contributed by atoms with Crippen molar-refractivity contribution in [3.63, 3.8) is 0 Å². The van der Waals surface area contributed by atoms with Gasteiger partial charge in [-0.05, 0) is 50.1 Å². The molecule has 0 heterocycles. The Labute approximate surface area is 155 Å². The molecule has 3 rings (SSSR count). The second-order valence-electron chi connectivity index (χ2n) is 6.36. The molecule has 0 bridgehead atoms. The quantitative estimate of drug-likeness (QED) is 0.734. The van der Waals surface area contributed by atoms with Crippen LogP contribution in [0.25, 0.3) is 0 Å². The van der Waals surface area contributed by atoms with Gasteiger partial charge in [0, 0.05) is 23.4 Å². The second kappa shape index (κ2) is 7.99. The first-order valence-electron chi connectivity index (χ1n) is 8.56. The molecule has 2 aromatic rings. The van der Waals surface area contributed by atoms with E-state index < -0.39 is 11.7 Å². The Hall–Kier alpha value is -3.22. The van der Waals surface area contributed by atoms with Crippen LogP contribution in [-0.2, 0) is 4.79 Å². The van der Waals surface area contributed by atoms with Crippen LogP contribution < -0.4 is 15.4 Å². The molecule has 27 heavy (non-hydrogen) atoms. The third-order valence-corrected chi connectivity index (χ3v) is 4.01. The third kappa shape index (κ3) is 5.13. The number of anilines is 1. The van der Waals surface area contributed by atoms with E-state index in [2.05, 4.69) is 10.6 Å². The lowest BCUT2D eigenvalue weighted by atomic mass is 10.1. The Kier molecular flexibility index (Phi) is 5.49. The number of hydrogen-bond acceptors (Lipinski definition) is 4. The van der Waals surface area contributed by atoms with Gasteiger partial charge in [0.1, 0.15) is 11.6 Å². The maximum absolute atomic E-state index is 13.7. The highest BCUT2D eigenvalue weighted by Crippen LogP contribution is 2.20. The van der Waals surface area contributed by atoms with Gasteiger partial charge in [0.25, 0.3) is 11.8 Å². The first-order chi connectivity index (χ1) is 12.9. The number of ketones is 1. The first kappa shape index (κ1) is 18.6. The monoisotopic (exact) mass is 370 g/mol. The molecule has 0 saturated heterocycles. The number of ether oxygens (including phenoxy) is 1. The van der Waals surface area contributed by atoms with Crippen LogP contribution in [0.2, 0.25) is 0 Å². The van der Waals surface area contributed by atoms with Gasteiger partial charge in [0.05, 0.1) is 5.56 Å². The average Bonchev–Trinajstić information content (AvgIpc) is 3.44. The van der Waals surface area contributed by atoms with Gasteiger partial charge in [-0.1, -0.05) is 6.07 Å². The predicted octanol–water partition coefficient (Wildman–Crippen LogP) is 2.94. The summed E-state index contributed by atoms with van der Waals surface area (Å²) in [7, 11) is 0. The number of carbonyl (C=O) groups excluding carboxylic acids is 3.